The van der Waals surface area contributed by atoms with Crippen molar-refractivity contribution in [1.29, 1.82) is 5.26 Å². The highest BCUT2D eigenvalue weighted by atomic mass is 32.1. The number of methoxy groups -OCH3 is 1. The maximum absolute atomic E-state index is 12.8. The van der Waals surface area contributed by atoms with Crippen LogP contribution < -0.4 is 24.8 Å². The average molecular weight is 401 g/mol. The molecule has 7 nitrogen and oxygen atoms in total. The summed E-state index contributed by atoms with van der Waals surface area (Å²) in [5, 5.41) is 21.5. The normalized spacial score (nSPS) is 13.1. The number of rotatable bonds is 6. The fourth-order valence-electron chi connectivity index (χ4n) is 2.48. The van der Waals surface area contributed by atoms with E-state index in [0.717, 1.165) is 16.9 Å². The van der Waals surface area contributed by atoms with Crippen LogP contribution in [0.2, 0.25) is 0 Å². The molecule has 2 rings (SSSR count). The average Bonchev–Trinajstić information content (AvgIpc) is 2.97. The molecular formula is C20H23N3O4S. The van der Waals surface area contributed by atoms with Crippen molar-refractivity contribution in [2.75, 3.05) is 13.7 Å². The summed E-state index contributed by atoms with van der Waals surface area (Å²) in [7, 11) is 1.56. The summed E-state index contributed by atoms with van der Waals surface area (Å²) in [4.78, 5) is 25.3. The molecule has 28 heavy (non-hydrogen) atoms. The van der Waals surface area contributed by atoms with Gasteiger partial charge in [0, 0.05) is 6.54 Å². The topological polar surface area (TPSA) is 104 Å². The first-order valence-corrected chi connectivity index (χ1v) is 9.51. The fraction of sp³-hybridized carbons (Fsp3) is 0.350. The highest BCUT2D eigenvalue weighted by molar-refractivity contribution is 7.07. The van der Waals surface area contributed by atoms with Crippen LogP contribution in [0, 0.1) is 11.3 Å². The fourth-order valence-corrected chi connectivity index (χ4v) is 3.64. The van der Waals surface area contributed by atoms with Gasteiger partial charge in [0.05, 0.1) is 23.8 Å². The van der Waals surface area contributed by atoms with Gasteiger partial charge in [-0.25, -0.2) is 0 Å². The van der Waals surface area contributed by atoms with Gasteiger partial charge in [-0.05, 0) is 44.5 Å². The lowest BCUT2D eigenvalue weighted by Crippen LogP contribution is -2.47. The van der Waals surface area contributed by atoms with Gasteiger partial charge in [0.25, 0.3) is 11.5 Å². The Hall–Kier alpha value is -2.89. The number of hydrogen-bond donors (Lipinski definition) is 2. The number of nitriles is 1. The van der Waals surface area contributed by atoms with Crippen molar-refractivity contribution in [3.05, 3.63) is 49.4 Å². The van der Waals surface area contributed by atoms with Crippen molar-refractivity contribution < 1.29 is 14.6 Å². The molecule has 0 bridgehead atoms. The lowest BCUT2D eigenvalue weighted by atomic mass is 10.1. The van der Waals surface area contributed by atoms with E-state index in [1.807, 2.05) is 18.2 Å². The van der Waals surface area contributed by atoms with Gasteiger partial charge in [0.15, 0.2) is 5.57 Å². The number of aromatic nitrogens is 1. The van der Waals surface area contributed by atoms with E-state index in [0.29, 0.717) is 16.8 Å². The molecule has 1 aromatic carbocycles. The largest absolute Gasteiger partial charge is 0.497 e. The van der Waals surface area contributed by atoms with Gasteiger partial charge in [-0.15, -0.1) is 11.3 Å². The Bertz CT molecular complexity index is 1090. The van der Waals surface area contributed by atoms with E-state index in [2.05, 4.69) is 5.32 Å². The summed E-state index contributed by atoms with van der Waals surface area (Å²) in [5.41, 5.74) is -0.538. The van der Waals surface area contributed by atoms with Crippen LogP contribution in [0.3, 0.4) is 0 Å². The van der Waals surface area contributed by atoms with Gasteiger partial charge >= 0.3 is 0 Å². The molecular weight excluding hydrogens is 378 g/mol. The number of thiazole rings is 1. The van der Waals surface area contributed by atoms with Crippen LogP contribution >= 0.6 is 11.3 Å². The van der Waals surface area contributed by atoms with Crippen LogP contribution in [-0.4, -0.2) is 34.8 Å². The van der Waals surface area contributed by atoms with Gasteiger partial charge in [-0.3, -0.25) is 14.2 Å². The van der Waals surface area contributed by atoms with Gasteiger partial charge in [0.2, 0.25) is 0 Å². The quantitative estimate of drug-likeness (QED) is 0.726. The zero-order valence-electron chi connectivity index (χ0n) is 16.3. The Morgan fingerprint density at radius 3 is 2.75 bits per heavy atom. The summed E-state index contributed by atoms with van der Waals surface area (Å²) < 4.78 is 7.30. The van der Waals surface area contributed by atoms with E-state index in [9.17, 15) is 20.0 Å². The van der Waals surface area contributed by atoms with E-state index in [1.165, 1.54) is 4.57 Å². The molecule has 2 N–H and O–H groups in total. The molecule has 2 aromatic rings. The van der Waals surface area contributed by atoms with Gasteiger partial charge in [0.1, 0.15) is 16.5 Å². The first-order valence-electron chi connectivity index (χ1n) is 8.69. The molecule has 1 heterocycles. The molecule has 1 aromatic heterocycles. The Morgan fingerprint density at radius 2 is 2.18 bits per heavy atom. The number of nitrogens with one attached hydrogen (secondary N) is 1. The lowest BCUT2D eigenvalue weighted by molar-refractivity contribution is -0.117. The summed E-state index contributed by atoms with van der Waals surface area (Å²) in [6, 6.07) is 9.15. The number of benzene rings is 1. The van der Waals surface area contributed by atoms with Crippen molar-refractivity contribution in [3.63, 3.8) is 0 Å². The van der Waals surface area contributed by atoms with E-state index >= 15 is 0 Å². The molecule has 0 saturated carbocycles. The van der Waals surface area contributed by atoms with E-state index in [4.69, 9.17) is 4.74 Å². The second kappa shape index (κ2) is 8.87. The number of ether oxygens (including phenoxy) is 1. The van der Waals surface area contributed by atoms with Crippen molar-refractivity contribution in [2.24, 2.45) is 0 Å². The van der Waals surface area contributed by atoms with Crippen LogP contribution in [0.5, 0.6) is 5.75 Å². The summed E-state index contributed by atoms with van der Waals surface area (Å²) in [5.74, 6) is 0.0363. The van der Waals surface area contributed by atoms with Gasteiger partial charge < -0.3 is 15.2 Å². The number of carbonyl (C=O) groups excluding carboxylic acids is 1. The summed E-state index contributed by atoms with van der Waals surface area (Å²) in [6.45, 7) is 5.10. The molecule has 148 valence electrons. The number of amides is 1. The monoisotopic (exact) mass is 401 g/mol. The zero-order valence-corrected chi connectivity index (χ0v) is 17.1. The SMILES string of the molecule is CCn1c(=O)c(=Cc2cccc(OC)c2)s/c1=C(/C#N)C(=O)NC(C)(C)CO. The highest BCUT2D eigenvalue weighted by Crippen LogP contribution is 2.12. The number of aliphatic hydroxyl groups excluding tert-OH is 1. The molecule has 0 atom stereocenters. The van der Waals surface area contributed by atoms with E-state index < -0.39 is 11.4 Å². The number of hydrogen-bond acceptors (Lipinski definition) is 6. The molecule has 0 fully saturated rings. The lowest BCUT2D eigenvalue weighted by Gasteiger charge is -2.22. The van der Waals surface area contributed by atoms with Crippen LogP contribution in [0.15, 0.2) is 29.1 Å². The molecule has 0 unspecified atom stereocenters. The Kier molecular flexibility index (Phi) is 6.78. The Labute approximate surface area is 166 Å². The standard InChI is InChI=1S/C20H23N3O4S/c1-5-23-18(26)16(10-13-7-6-8-14(9-13)27-4)28-19(23)15(11-21)17(25)22-20(2,3)12-24/h6-10,24H,5,12H2,1-4H3,(H,22,25)/b16-10?,19-15-. The van der Waals surface area contributed by atoms with Gasteiger partial charge in [-0.2, -0.15) is 5.26 Å². The molecule has 0 radical (unpaired) electrons. The predicted molar refractivity (Wildman–Crippen MR) is 108 cm³/mol. The van der Waals surface area contributed by atoms with Crippen molar-refractivity contribution in [1.82, 2.24) is 9.88 Å². The number of nitrogens with zero attached hydrogens (tertiary/aromatic N) is 2. The molecule has 0 aliphatic carbocycles. The molecule has 0 aliphatic heterocycles. The maximum atomic E-state index is 12.8. The zero-order chi connectivity index (χ0) is 20.9. The molecule has 8 heteroatoms. The molecule has 0 spiro atoms. The first-order chi connectivity index (χ1) is 13.3. The predicted octanol–water partition coefficient (Wildman–Crippen LogP) is 0.328. The minimum atomic E-state index is -0.886. The van der Waals surface area contributed by atoms with Crippen LogP contribution in [-0.2, 0) is 11.3 Å². The third kappa shape index (κ3) is 4.68. The van der Waals surface area contributed by atoms with Crippen molar-refractivity contribution in [2.45, 2.75) is 32.9 Å². The smallest absolute Gasteiger partial charge is 0.269 e. The van der Waals surface area contributed by atoms with Crippen LogP contribution in [0.25, 0.3) is 11.6 Å². The summed E-state index contributed by atoms with van der Waals surface area (Å²) in [6.07, 6.45) is 1.70. The second-order valence-corrected chi connectivity index (χ2v) is 7.76. The van der Waals surface area contributed by atoms with E-state index in [1.54, 1.807) is 46.1 Å². The third-order valence-electron chi connectivity index (χ3n) is 4.02. The molecule has 1 amide bonds. The Balaban J connectivity index is 2.68. The Morgan fingerprint density at radius 1 is 1.46 bits per heavy atom. The summed E-state index contributed by atoms with van der Waals surface area (Å²) >= 11 is 1.08. The van der Waals surface area contributed by atoms with Crippen molar-refractivity contribution in [3.8, 4) is 11.8 Å². The maximum Gasteiger partial charge on any atom is 0.269 e. The minimum Gasteiger partial charge on any atom is -0.497 e. The minimum absolute atomic E-state index is 0.157. The van der Waals surface area contributed by atoms with Crippen molar-refractivity contribution >= 4 is 28.9 Å². The molecule has 0 saturated heterocycles. The second-order valence-electron chi connectivity index (χ2n) is 6.72. The third-order valence-corrected chi connectivity index (χ3v) is 5.15. The van der Waals surface area contributed by atoms with Gasteiger partial charge in [-0.1, -0.05) is 12.1 Å². The van der Waals surface area contributed by atoms with E-state index in [-0.39, 0.29) is 22.4 Å². The number of carbonyl (C=O) groups is 1. The van der Waals surface area contributed by atoms with Crippen LogP contribution in [0.1, 0.15) is 26.3 Å². The molecule has 0 aliphatic rings. The highest BCUT2D eigenvalue weighted by Gasteiger charge is 2.23. The first kappa shape index (κ1) is 21.4. The van der Waals surface area contributed by atoms with Crippen LogP contribution in [0.4, 0.5) is 0 Å². The number of aliphatic hydroxyl groups is 1.